The molecule has 2 atom stereocenters. The van der Waals surface area contributed by atoms with Crippen molar-refractivity contribution in [1.29, 1.82) is 0 Å². The second kappa shape index (κ2) is 8.80. The minimum Gasteiger partial charge on any atom is -0.342 e. The number of rotatable bonds is 6. The molecule has 0 bridgehead atoms. The van der Waals surface area contributed by atoms with Gasteiger partial charge in [0.25, 0.3) is 5.91 Å². The molecular weight excluding hydrogens is 412 g/mol. The summed E-state index contributed by atoms with van der Waals surface area (Å²) >= 11 is 0. The third-order valence-electron chi connectivity index (χ3n) is 5.88. The Bertz CT molecular complexity index is 1140. The van der Waals surface area contributed by atoms with E-state index in [1.165, 1.54) is 12.1 Å². The van der Waals surface area contributed by atoms with Gasteiger partial charge in [-0.25, -0.2) is 18.1 Å². The van der Waals surface area contributed by atoms with Crippen molar-refractivity contribution in [3.8, 4) is 0 Å². The molecule has 1 aromatic heterocycles. The molecule has 1 amide bonds. The summed E-state index contributed by atoms with van der Waals surface area (Å²) in [6.07, 6.45) is 2.58. The highest BCUT2D eigenvalue weighted by atomic mass is 32.2. The fraction of sp³-hybridized carbons (Fsp3) is 0.391. The summed E-state index contributed by atoms with van der Waals surface area (Å²) in [4.78, 5) is 23.2. The number of para-hydroxylation sites is 2. The van der Waals surface area contributed by atoms with Crippen LogP contribution in [0, 0.1) is 0 Å². The van der Waals surface area contributed by atoms with Crippen molar-refractivity contribution in [2.24, 2.45) is 0 Å². The Morgan fingerprint density at radius 3 is 2.68 bits per heavy atom. The van der Waals surface area contributed by atoms with Crippen LogP contribution in [0.4, 0.5) is 0 Å². The first-order valence-electron chi connectivity index (χ1n) is 10.7. The topological polar surface area (TPSA) is 95.2 Å². The average molecular weight is 441 g/mol. The van der Waals surface area contributed by atoms with E-state index < -0.39 is 10.0 Å². The van der Waals surface area contributed by atoms with E-state index in [2.05, 4.69) is 9.71 Å². The lowest BCUT2D eigenvalue weighted by molar-refractivity contribution is 0.0705. The second-order valence-corrected chi connectivity index (χ2v) is 9.90. The third-order valence-corrected chi connectivity index (χ3v) is 7.49. The van der Waals surface area contributed by atoms with Crippen LogP contribution >= 0.6 is 0 Å². The molecule has 0 spiro atoms. The number of nitrogens with one attached hydrogen (secondary N) is 2. The highest BCUT2D eigenvalue weighted by molar-refractivity contribution is 7.89. The van der Waals surface area contributed by atoms with Crippen molar-refractivity contribution in [2.45, 2.75) is 50.0 Å². The molecule has 0 aliphatic carbocycles. The first kappa shape index (κ1) is 21.5. The van der Waals surface area contributed by atoms with Crippen molar-refractivity contribution >= 4 is 27.0 Å². The van der Waals surface area contributed by atoms with Gasteiger partial charge in [-0.1, -0.05) is 19.1 Å². The van der Waals surface area contributed by atoms with Crippen molar-refractivity contribution in [1.82, 2.24) is 19.6 Å². The van der Waals surface area contributed by atoms with Gasteiger partial charge in [-0.15, -0.1) is 0 Å². The normalized spacial score (nSPS) is 18.3. The van der Waals surface area contributed by atoms with E-state index in [4.69, 9.17) is 4.98 Å². The van der Waals surface area contributed by atoms with Gasteiger partial charge >= 0.3 is 0 Å². The SMILES string of the molecule is CC[C@@H](C)NS(=O)(=O)c1ccc(C(=O)N2CCC[C@@H](c3nc4ccccc4[nH]3)C2)cc1. The fourth-order valence-electron chi connectivity index (χ4n) is 3.93. The number of piperidine rings is 1. The molecule has 2 aromatic carbocycles. The number of H-pyrrole nitrogens is 1. The molecule has 2 N–H and O–H groups in total. The van der Waals surface area contributed by atoms with E-state index >= 15 is 0 Å². The van der Waals surface area contributed by atoms with E-state index in [1.54, 1.807) is 12.1 Å². The van der Waals surface area contributed by atoms with Crippen LogP contribution in [0.1, 0.15) is 55.2 Å². The van der Waals surface area contributed by atoms with Crippen LogP contribution in [0.25, 0.3) is 11.0 Å². The molecule has 1 aliphatic heterocycles. The van der Waals surface area contributed by atoms with Crippen LogP contribution in [0.15, 0.2) is 53.4 Å². The van der Waals surface area contributed by atoms with Crippen LogP contribution in [0.2, 0.25) is 0 Å². The summed E-state index contributed by atoms with van der Waals surface area (Å²) in [6.45, 7) is 5.02. The zero-order chi connectivity index (χ0) is 22.0. The molecule has 164 valence electrons. The second-order valence-electron chi connectivity index (χ2n) is 8.18. The monoisotopic (exact) mass is 440 g/mol. The molecule has 0 saturated carbocycles. The lowest BCUT2D eigenvalue weighted by Crippen LogP contribution is -2.39. The third kappa shape index (κ3) is 4.65. The molecule has 2 heterocycles. The van der Waals surface area contributed by atoms with Gasteiger partial charge in [0.2, 0.25) is 10.0 Å². The van der Waals surface area contributed by atoms with Crippen molar-refractivity contribution in [3.05, 3.63) is 59.9 Å². The van der Waals surface area contributed by atoms with Crippen LogP contribution < -0.4 is 4.72 Å². The Kier molecular flexibility index (Phi) is 6.11. The Morgan fingerprint density at radius 2 is 1.97 bits per heavy atom. The van der Waals surface area contributed by atoms with Crippen molar-refractivity contribution < 1.29 is 13.2 Å². The van der Waals surface area contributed by atoms with E-state index in [0.717, 1.165) is 29.7 Å². The molecule has 8 heteroatoms. The number of aromatic nitrogens is 2. The van der Waals surface area contributed by atoms with Crippen molar-refractivity contribution in [3.63, 3.8) is 0 Å². The summed E-state index contributed by atoms with van der Waals surface area (Å²) < 4.78 is 27.5. The van der Waals surface area contributed by atoms with E-state index in [9.17, 15) is 13.2 Å². The first-order chi connectivity index (χ1) is 14.9. The maximum absolute atomic E-state index is 13.1. The molecule has 7 nitrogen and oxygen atoms in total. The van der Waals surface area contributed by atoms with Crippen LogP contribution in [-0.4, -0.2) is 48.3 Å². The lowest BCUT2D eigenvalue weighted by atomic mass is 9.96. The van der Waals surface area contributed by atoms with E-state index in [1.807, 2.05) is 43.0 Å². The van der Waals surface area contributed by atoms with Crippen molar-refractivity contribution in [2.75, 3.05) is 13.1 Å². The minimum atomic E-state index is -3.58. The van der Waals surface area contributed by atoms with Crippen LogP contribution in [-0.2, 0) is 10.0 Å². The maximum Gasteiger partial charge on any atom is 0.253 e. The summed E-state index contributed by atoms with van der Waals surface area (Å²) in [5.41, 5.74) is 2.43. The molecule has 0 radical (unpaired) electrons. The summed E-state index contributed by atoms with van der Waals surface area (Å²) in [5.74, 6) is 0.986. The van der Waals surface area contributed by atoms with Crippen LogP contribution in [0.3, 0.4) is 0 Å². The summed E-state index contributed by atoms with van der Waals surface area (Å²) in [7, 11) is -3.58. The van der Waals surface area contributed by atoms with Gasteiger partial charge in [0, 0.05) is 30.6 Å². The number of nitrogens with zero attached hydrogens (tertiary/aromatic N) is 2. The number of carbonyl (C=O) groups excluding carboxylic acids is 1. The predicted octanol–water partition coefficient (Wildman–Crippen LogP) is 3.66. The smallest absolute Gasteiger partial charge is 0.253 e. The highest BCUT2D eigenvalue weighted by Gasteiger charge is 2.27. The van der Waals surface area contributed by atoms with Gasteiger partial charge in [-0.05, 0) is 62.6 Å². The zero-order valence-electron chi connectivity index (χ0n) is 17.8. The Morgan fingerprint density at radius 1 is 1.23 bits per heavy atom. The fourth-order valence-corrected chi connectivity index (χ4v) is 5.25. The quantitative estimate of drug-likeness (QED) is 0.611. The van der Waals surface area contributed by atoms with E-state index in [-0.39, 0.29) is 22.8 Å². The molecule has 1 saturated heterocycles. The number of carbonyl (C=O) groups is 1. The molecule has 0 unspecified atom stereocenters. The number of sulfonamides is 1. The van der Waals surface area contributed by atoms with E-state index in [0.29, 0.717) is 25.1 Å². The molecule has 31 heavy (non-hydrogen) atoms. The molecule has 1 fully saturated rings. The van der Waals surface area contributed by atoms with Gasteiger partial charge in [0.05, 0.1) is 15.9 Å². The number of benzene rings is 2. The highest BCUT2D eigenvalue weighted by Crippen LogP contribution is 2.27. The number of aromatic amines is 1. The molecule has 4 rings (SSSR count). The number of imidazole rings is 1. The molecule has 3 aromatic rings. The average Bonchev–Trinajstić information content (AvgIpc) is 3.23. The van der Waals surface area contributed by atoms with Gasteiger partial charge < -0.3 is 9.88 Å². The van der Waals surface area contributed by atoms with Gasteiger partial charge in [0.15, 0.2) is 0 Å². The number of fused-ring (bicyclic) bond motifs is 1. The standard InChI is InChI=1S/C23H28N4O3S/c1-3-16(2)26-31(29,30)19-12-10-17(11-13-19)23(28)27-14-6-7-18(15-27)22-24-20-8-4-5-9-21(20)25-22/h4-5,8-13,16,18,26H,3,6-7,14-15H2,1-2H3,(H,24,25)/t16-,18-/m1/s1. The summed E-state index contributed by atoms with van der Waals surface area (Å²) in [5, 5.41) is 0. The number of hydrogen-bond acceptors (Lipinski definition) is 4. The first-order valence-corrected chi connectivity index (χ1v) is 12.2. The predicted molar refractivity (Wildman–Crippen MR) is 120 cm³/mol. The minimum absolute atomic E-state index is 0.0837. The Labute approximate surface area is 182 Å². The molecule has 1 aliphatic rings. The number of amides is 1. The zero-order valence-corrected chi connectivity index (χ0v) is 18.7. The summed E-state index contributed by atoms with van der Waals surface area (Å²) in [6, 6.07) is 14.0. The number of hydrogen-bond donors (Lipinski definition) is 2. The van der Waals surface area contributed by atoms with Gasteiger partial charge in [-0.3, -0.25) is 4.79 Å². The largest absolute Gasteiger partial charge is 0.342 e. The lowest BCUT2D eigenvalue weighted by Gasteiger charge is -2.32. The van der Waals surface area contributed by atoms with Gasteiger partial charge in [-0.2, -0.15) is 0 Å². The molecular formula is C23H28N4O3S. The van der Waals surface area contributed by atoms with Gasteiger partial charge in [0.1, 0.15) is 5.82 Å². The number of likely N-dealkylation sites (tertiary alicyclic amines) is 1. The van der Waals surface area contributed by atoms with Crippen LogP contribution in [0.5, 0.6) is 0 Å². The Balaban J connectivity index is 1.47. The maximum atomic E-state index is 13.1. The Hall–Kier alpha value is -2.71.